The lowest BCUT2D eigenvalue weighted by Crippen LogP contribution is -2.35. The first-order valence-electron chi connectivity index (χ1n) is 9.51. The summed E-state index contributed by atoms with van der Waals surface area (Å²) < 4.78 is 15.9. The van der Waals surface area contributed by atoms with E-state index in [1.165, 1.54) is 0 Å². The molecule has 7 heteroatoms. The van der Waals surface area contributed by atoms with Crippen LogP contribution in [0.5, 0.6) is 11.5 Å². The number of carbonyl (C=O) groups excluding carboxylic acids is 2. The van der Waals surface area contributed by atoms with Crippen LogP contribution >= 0.6 is 0 Å². The van der Waals surface area contributed by atoms with Gasteiger partial charge in [0.15, 0.2) is 17.6 Å². The lowest BCUT2D eigenvalue weighted by atomic mass is 10.1. The van der Waals surface area contributed by atoms with E-state index in [9.17, 15) is 9.59 Å². The summed E-state index contributed by atoms with van der Waals surface area (Å²) in [7, 11) is 0. The summed E-state index contributed by atoms with van der Waals surface area (Å²) in [5.41, 5.74) is 2.96. The molecular weight excluding hydrogens is 372 g/mol. The van der Waals surface area contributed by atoms with Crippen molar-refractivity contribution in [3.63, 3.8) is 0 Å². The summed E-state index contributed by atoms with van der Waals surface area (Å²) in [4.78, 5) is 27.6. The molecule has 2 N–H and O–H groups in total. The Hall–Kier alpha value is -3.48. The molecule has 1 aliphatic heterocycles. The van der Waals surface area contributed by atoms with Gasteiger partial charge >= 0.3 is 5.97 Å². The highest BCUT2D eigenvalue weighted by Crippen LogP contribution is 2.32. The van der Waals surface area contributed by atoms with E-state index in [1.807, 2.05) is 42.6 Å². The third kappa shape index (κ3) is 4.34. The van der Waals surface area contributed by atoms with Crippen molar-refractivity contribution in [1.29, 1.82) is 0 Å². The fourth-order valence-electron chi connectivity index (χ4n) is 3.27. The molecule has 1 unspecified atom stereocenters. The van der Waals surface area contributed by atoms with Crippen molar-refractivity contribution < 1.29 is 23.8 Å². The summed E-state index contributed by atoms with van der Waals surface area (Å²) in [6.07, 6.45) is 1.80. The summed E-state index contributed by atoms with van der Waals surface area (Å²) in [5, 5.41) is 3.86. The molecule has 0 radical (unpaired) electrons. The van der Waals surface area contributed by atoms with Gasteiger partial charge in [-0.3, -0.25) is 9.59 Å². The largest absolute Gasteiger partial charge is 0.454 e. The van der Waals surface area contributed by atoms with E-state index >= 15 is 0 Å². The van der Waals surface area contributed by atoms with Crippen LogP contribution in [0.25, 0.3) is 10.9 Å². The SMILES string of the molecule is CC(OC(=O)CCc1c[nH]c2ccccc12)C(=O)NCc1ccc2c(c1)OCO2. The van der Waals surface area contributed by atoms with Crippen LogP contribution in [0.3, 0.4) is 0 Å². The van der Waals surface area contributed by atoms with E-state index < -0.39 is 12.1 Å². The number of hydrogen-bond acceptors (Lipinski definition) is 5. The van der Waals surface area contributed by atoms with Crippen LogP contribution in [0.2, 0.25) is 0 Å². The lowest BCUT2D eigenvalue weighted by molar-refractivity contribution is -0.154. The Labute approximate surface area is 168 Å². The lowest BCUT2D eigenvalue weighted by Gasteiger charge is -2.13. The molecule has 1 aromatic heterocycles. The predicted molar refractivity (Wildman–Crippen MR) is 107 cm³/mol. The number of fused-ring (bicyclic) bond motifs is 2. The normalized spacial score (nSPS) is 13.3. The maximum atomic E-state index is 12.2. The van der Waals surface area contributed by atoms with E-state index in [0.29, 0.717) is 24.5 Å². The Morgan fingerprint density at radius 3 is 2.90 bits per heavy atom. The maximum Gasteiger partial charge on any atom is 0.306 e. The van der Waals surface area contributed by atoms with Crippen molar-refractivity contribution in [2.75, 3.05) is 6.79 Å². The minimum atomic E-state index is -0.862. The van der Waals surface area contributed by atoms with E-state index in [-0.39, 0.29) is 19.1 Å². The summed E-state index contributed by atoms with van der Waals surface area (Å²) in [6, 6.07) is 13.4. The van der Waals surface area contributed by atoms with Gasteiger partial charge in [0, 0.05) is 30.1 Å². The van der Waals surface area contributed by atoms with Crippen molar-refractivity contribution >= 4 is 22.8 Å². The molecule has 4 rings (SSSR count). The standard InChI is InChI=1S/C22H22N2O5/c1-14(22(26)24-11-15-6-8-19-20(10-15)28-13-27-19)29-21(25)9-7-16-12-23-18-5-3-2-4-17(16)18/h2-6,8,10,12,14,23H,7,9,11,13H2,1H3,(H,24,26). The van der Waals surface area contributed by atoms with Gasteiger partial charge in [0.2, 0.25) is 6.79 Å². The Bertz CT molecular complexity index is 1040. The van der Waals surface area contributed by atoms with Crippen LogP contribution in [-0.2, 0) is 27.3 Å². The van der Waals surface area contributed by atoms with Gasteiger partial charge in [0.05, 0.1) is 0 Å². The zero-order valence-corrected chi connectivity index (χ0v) is 16.1. The molecule has 1 atom stereocenters. The number of para-hydroxylation sites is 1. The first kappa shape index (κ1) is 18.9. The number of hydrogen-bond donors (Lipinski definition) is 2. The van der Waals surface area contributed by atoms with Gasteiger partial charge < -0.3 is 24.5 Å². The van der Waals surface area contributed by atoms with E-state index in [4.69, 9.17) is 14.2 Å². The van der Waals surface area contributed by atoms with Crippen molar-refractivity contribution in [2.45, 2.75) is 32.4 Å². The van der Waals surface area contributed by atoms with Gasteiger partial charge in [-0.25, -0.2) is 0 Å². The number of amides is 1. The highest BCUT2D eigenvalue weighted by molar-refractivity contribution is 5.85. The zero-order valence-electron chi connectivity index (χ0n) is 16.1. The average molecular weight is 394 g/mol. The Morgan fingerprint density at radius 1 is 1.17 bits per heavy atom. The molecule has 7 nitrogen and oxygen atoms in total. The van der Waals surface area contributed by atoms with Gasteiger partial charge in [-0.15, -0.1) is 0 Å². The van der Waals surface area contributed by atoms with Crippen LogP contribution in [-0.4, -0.2) is 29.8 Å². The molecule has 0 fully saturated rings. The monoisotopic (exact) mass is 394 g/mol. The second-order valence-electron chi connectivity index (χ2n) is 6.90. The number of esters is 1. The fourth-order valence-corrected chi connectivity index (χ4v) is 3.27. The molecule has 0 aliphatic carbocycles. The third-order valence-electron chi connectivity index (χ3n) is 4.85. The molecule has 150 valence electrons. The number of rotatable bonds is 7. The smallest absolute Gasteiger partial charge is 0.306 e. The fraction of sp³-hybridized carbons (Fsp3) is 0.273. The van der Waals surface area contributed by atoms with Crippen molar-refractivity contribution in [3.8, 4) is 11.5 Å². The van der Waals surface area contributed by atoms with Gasteiger partial charge in [-0.1, -0.05) is 24.3 Å². The van der Waals surface area contributed by atoms with E-state index in [2.05, 4.69) is 10.3 Å². The number of aromatic amines is 1. The molecule has 0 saturated carbocycles. The van der Waals surface area contributed by atoms with Gasteiger partial charge in [-0.05, 0) is 42.7 Å². The molecule has 3 aromatic rings. The van der Waals surface area contributed by atoms with Crippen LogP contribution < -0.4 is 14.8 Å². The van der Waals surface area contributed by atoms with Gasteiger partial charge in [0.25, 0.3) is 5.91 Å². The highest BCUT2D eigenvalue weighted by atomic mass is 16.7. The molecule has 0 spiro atoms. The molecule has 0 saturated heterocycles. The predicted octanol–water partition coefficient (Wildman–Crippen LogP) is 3.08. The van der Waals surface area contributed by atoms with E-state index in [0.717, 1.165) is 22.0 Å². The summed E-state index contributed by atoms with van der Waals surface area (Å²) >= 11 is 0. The Kier molecular flexibility index (Phi) is 5.37. The van der Waals surface area contributed by atoms with Crippen LogP contribution in [0.4, 0.5) is 0 Å². The highest BCUT2D eigenvalue weighted by Gasteiger charge is 2.19. The number of nitrogens with one attached hydrogen (secondary N) is 2. The van der Waals surface area contributed by atoms with Crippen LogP contribution in [0, 0.1) is 0 Å². The van der Waals surface area contributed by atoms with Crippen LogP contribution in [0.15, 0.2) is 48.7 Å². The molecule has 2 heterocycles. The molecule has 1 amide bonds. The third-order valence-corrected chi connectivity index (χ3v) is 4.85. The van der Waals surface area contributed by atoms with Crippen LogP contribution in [0.1, 0.15) is 24.5 Å². The second-order valence-corrected chi connectivity index (χ2v) is 6.90. The molecule has 1 aliphatic rings. The number of aromatic nitrogens is 1. The van der Waals surface area contributed by atoms with Crippen molar-refractivity contribution in [1.82, 2.24) is 10.3 Å². The first-order chi connectivity index (χ1) is 14.1. The minimum Gasteiger partial charge on any atom is -0.454 e. The molecule has 2 aromatic carbocycles. The summed E-state index contributed by atoms with van der Waals surface area (Å²) in [5.74, 6) is 0.607. The maximum absolute atomic E-state index is 12.2. The number of H-pyrrole nitrogens is 1. The Morgan fingerprint density at radius 2 is 2.00 bits per heavy atom. The molecule has 0 bridgehead atoms. The molecule has 29 heavy (non-hydrogen) atoms. The van der Waals surface area contributed by atoms with Gasteiger partial charge in [0.1, 0.15) is 0 Å². The van der Waals surface area contributed by atoms with Crippen molar-refractivity contribution in [2.24, 2.45) is 0 Å². The number of aryl methyl sites for hydroxylation is 1. The van der Waals surface area contributed by atoms with Crippen molar-refractivity contribution in [3.05, 3.63) is 59.8 Å². The topological polar surface area (TPSA) is 89.7 Å². The quantitative estimate of drug-likeness (QED) is 0.601. The number of carbonyl (C=O) groups is 2. The summed E-state index contributed by atoms with van der Waals surface area (Å²) in [6.45, 7) is 2.09. The first-order valence-corrected chi connectivity index (χ1v) is 9.51. The minimum absolute atomic E-state index is 0.205. The zero-order chi connectivity index (χ0) is 20.2. The van der Waals surface area contributed by atoms with E-state index in [1.54, 1.807) is 13.0 Å². The second kappa shape index (κ2) is 8.26. The Balaban J connectivity index is 1.24. The average Bonchev–Trinajstić information content (AvgIpc) is 3.36. The molecular formula is C22H22N2O5. The number of ether oxygens (including phenoxy) is 3. The van der Waals surface area contributed by atoms with Gasteiger partial charge in [-0.2, -0.15) is 0 Å². The number of benzene rings is 2.